The van der Waals surface area contributed by atoms with Gasteiger partial charge in [-0.25, -0.2) is 9.97 Å². The molecule has 0 aliphatic carbocycles. The third-order valence-corrected chi connectivity index (χ3v) is 3.43. The predicted octanol–water partition coefficient (Wildman–Crippen LogP) is 2.41. The van der Waals surface area contributed by atoms with E-state index in [0.717, 1.165) is 5.56 Å². The number of anilines is 1. The van der Waals surface area contributed by atoms with Crippen molar-refractivity contribution in [2.24, 2.45) is 0 Å². The second-order valence-electron chi connectivity index (χ2n) is 5.66. The summed E-state index contributed by atoms with van der Waals surface area (Å²) in [7, 11) is 1.99. The first-order valence-electron chi connectivity index (χ1n) is 7.75. The van der Waals surface area contributed by atoms with Crippen molar-refractivity contribution in [3.8, 4) is 0 Å². The molecule has 7 nitrogen and oxygen atoms in total. The zero-order valence-electron chi connectivity index (χ0n) is 13.8. The Hall–Kier alpha value is -2.80. The van der Waals surface area contributed by atoms with Gasteiger partial charge in [-0.3, -0.25) is 4.90 Å². The number of aromatic nitrogens is 4. The highest BCUT2D eigenvalue weighted by atomic mass is 16.5. The van der Waals surface area contributed by atoms with Crippen LogP contribution in [0.4, 0.5) is 5.95 Å². The van der Waals surface area contributed by atoms with Gasteiger partial charge in [0.25, 0.3) is 0 Å². The number of nitrogens with one attached hydrogen (secondary N) is 1. The second kappa shape index (κ2) is 7.65. The Balaban J connectivity index is 1.50. The third-order valence-electron chi connectivity index (χ3n) is 3.43. The number of nitrogens with zero attached hydrogens (tertiary/aromatic N) is 5. The molecule has 3 rings (SSSR count). The summed E-state index contributed by atoms with van der Waals surface area (Å²) >= 11 is 0. The van der Waals surface area contributed by atoms with Crippen molar-refractivity contribution in [2.45, 2.75) is 26.6 Å². The van der Waals surface area contributed by atoms with Gasteiger partial charge in [-0.15, -0.1) is 0 Å². The molecule has 0 atom stereocenters. The Kier molecular flexibility index (Phi) is 5.12. The monoisotopic (exact) mass is 324 g/mol. The summed E-state index contributed by atoms with van der Waals surface area (Å²) < 4.78 is 5.12. The number of aryl methyl sites for hydroxylation is 1. The van der Waals surface area contributed by atoms with E-state index in [-0.39, 0.29) is 0 Å². The molecule has 2 aromatic heterocycles. The maximum absolute atomic E-state index is 5.12. The molecule has 0 saturated heterocycles. The fourth-order valence-corrected chi connectivity index (χ4v) is 2.31. The summed E-state index contributed by atoms with van der Waals surface area (Å²) in [6.07, 6.45) is 3.66. The van der Waals surface area contributed by atoms with Gasteiger partial charge in [-0.1, -0.05) is 35.5 Å². The molecular formula is C17H20N6O. The molecule has 1 N–H and O–H groups in total. The quantitative estimate of drug-likeness (QED) is 0.715. The molecule has 0 saturated carbocycles. The van der Waals surface area contributed by atoms with E-state index in [0.29, 0.717) is 37.3 Å². The average molecular weight is 324 g/mol. The van der Waals surface area contributed by atoms with Gasteiger partial charge >= 0.3 is 0 Å². The van der Waals surface area contributed by atoms with Crippen LogP contribution in [-0.2, 0) is 19.6 Å². The lowest BCUT2D eigenvalue weighted by Gasteiger charge is -2.13. The van der Waals surface area contributed by atoms with Gasteiger partial charge in [0.1, 0.15) is 0 Å². The van der Waals surface area contributed by atoms with Crippen LogP contribution in [0.25, 0.3) is 0 Å². The van der Waals surface area contributed by atoms with Crippen LogP contribution in [0.1, 0.15) is 22.8 Å². The van der Waals surface area contributed by atoms with Crippen LogP contribution in [0, 0.1) is 6.92 Å². The fourth-order valence-electron chi connectivity index (χ4n) is 2.31. The van der Waals surface area contributed by atoms with Crippen molar-refractivity contribution < 1.29 is 4.52 Å². The maximum Gasteiger partial charge on any atom is 0.240 e. The minimum absolute atomic E-state index is 0.592. The molecule has 0 radical (unpaired) electrons. The minimum atomic E-state index is 0.592. The largest absolute Gasteiger partial charge is 0.350 e. The normalized spacial score (nSPS) is 11.0. The Bertz CT molecular complexity index is 756. The smallest absolute Gasteiger partial charge is 0.240 e. The Morgan fingerprint density at radius 2 is 1.79 bits per heavy atom. The first kappa shape index (κ1) is 16.1. The molecule has 3 aromatic rings. The Labute approximate surface area is 140 Å². The van der Waals surface area contributed by atoms with Gasteiger partial charge in [0.15, 0.2) is 5.82 Å². The van der Waals surface area contributed by atoms with Crippen LogP contribution < -0.4 is 5.32 Å². The fraction of sp³-hybridized carbons (Fsp3) is 0.294. The Morgan fingerprint density at radius 3 is 2.46 bits per heavy atom. The summed E-state index contributed by atoms with van der Waals surface area (Å²) in [5.74, 6) is 1.88. The highest BCUT2D eigenvalue weighted by Gasteiger charge is 2.08. The standard InChI is InChI=1S/C17H20N6O/c1-13-21-16(24-22-13)12-23(2)11-15-9-19-17(20-10-15)18-8-14-6-4-3-5-7-14/h3-7,9-10H,8,11-12H2,1-2H3,(H,18,19,20). The van der Waals surface area contributed by atoms with E-state index >= 15 is 0 Å². The van der Waals surface area contributed by atoms with Crippen molar-refractivity contribution in [3.63, 3.8) is 0 Å². The lowest BCUT2D eigenvalue weighted by atomic mass is 10.2. The molecule has 124 valence electrons. The third kappa shape index (κ3) is 4.60. The van der Waals surface area contributed by atoms with Gasteiger partial charge in [-0.2, -0.15) is 4.98 Å². The van der Waals surface area contributed by atoms with Crippen LogP contribution in [0.3, 0.4) is 0 Å². The number of rotatable bonds is 7. The van der Waals surface area contributed by atoms with Gasteiger partial charge in [0.05, 0.1) is 6.54 Å². The molecule has 0 unspecified atom stereocenters. The van der Waals surface area contributed by atoms with Crippen LogP contribution >= 0.6 is 0 Å². The van der Waals surface area contributed by atoms with Gasteiger partial charge < -0.3 is 9.84 Å². The van der Waals surface area contributed by atoms with Crippen molar-refractivity contribution in [1.82, 2.24) is 25.0 Å². The zero-order chi connectivity index (χ0) is 16.8. The number of hydrogen-bond donors (Lipinski definition) is 1. The molecule has 0 fully saturated rings. The summed E-state index contributed by atoms with van der Waals surface area (Å²) in [6.45, 7) is 3.81. The van der Waals surface area contributed by atoms with Gasteiger partial charge in [0.2, 0.25) is 11.8 Å². The first-order chi connectivity index (χ1) is 11.7. The number of hydrogen-bond acceptors (Lipinski definition) is 7. The van der Waals surface area contributed by atoms with E-state index in [9.17, 15) is 0 Å². The molecule has 0 bridgehead atoms. The first-order valence-corrected chi connectivity index (χ1v) is 7.75. The van der Waals surface area contributed by atoms with Crippen molar-refractivity contribution in [2.75, 3.05) is 12.4 Å². The van der Waals surface area contributed by atoms with Crippen LogP contribution in [0.2, 0.25) is 0 Å². The summed E-state index contributed by atoms with van der Waals surface area (Å²) in [4.78, 5) is 15.0. The molecule has 1 aromatic carbocycles. The van der Waals surface area contributed by atoms with E-state index < -0.39 is 0 Å². The van der Waals surface area contributed by atoms with Crippen LogP contribution in [0.5, 0.6) is 0 Å². The lowest BCUT2D eigenvalue weighted by Crippen LogP contribution is -2.18. The van der Waals surface area contributed by atoms with Gasteiger partial charge in [-0.05, 0) is 19.5 Å². The van der Waals surface area contributed by atoms with E-state index in [1.807, 2.05) is 44.6 Å². The maximum atomic E-state index is 5.12. The van der Waals surface area contributed by atoms with E-state index in [4.69, 9.17) is 4.52 Å². The Morgan fingerprint density at radius 1 is 1.04 bits per heavy atom. The van der Waals surface area contributed by atoms with Crippen LogP contribution in [0.15, 0.2) is 47.2 Å². The van der Waals surface area contributed by atoms with E-state index in [1.165, 1.54) is 5.56 Å². The molecule has 2 heterocycles. The highest BCUT2D eigenvalue weighted by molar-refractivity contribution is 5.27. The zero-order valence-corrected chi connectivity index (χ0v) is 13.8. The minimum Gasteiger partial charge on any atom is -0.350 e. The molecular weight excluding hydrogens is 304 g/mol. The van der Waals surface area contributed by atoms with Crippen molar-refractivity contribution in [3.05, 3.63) is 65.6 Å². The summed E-state index contributed by atoms with van der Waals surface area (Å²) in [5, 5.41) is 7.00. The highest BCUT2D eigenvalue weighted by Crippen LogP contribution is 2.08. The topological polar surface area (TPSA) is 80.0 Å². The molecule has 0 spiro atoms. The van der Waals surface area contributed by atoms with Crippen LogP contribution in [-0.4, -0.2) is 32.1 Å². The SMILES string of the molecule is Cc1noc(CN(C)Cc2cnc(NCc3ccccc3)nc2)n1. The van der Waals surface area contributed by atoms with E-state index in [2.05, 4.69) is 42.5 Å². The van der Waals surface area contributed by atoms with Gasteiger partial charge in [0, 0.05) is 31.0 Å². The molecule has 0 aliphatic rings. The summed E-state index contributed by atoms with van der Waals surface area (Å²) in [5.41, 5.74) is 2.22. The molecule has 7 heteroatoms. The van der Waals surface area contributed by atoms with E-state index in [1.54, 1.807) is 0 Å². The lowest BCUT2D eigenvalue weighted by molar-refractivity contribution is 0.260. The molecule has 0 aliphatic heterocycles. The molecule has 0 amide bonds. The predicted molar refractivity (Wildman–Crippen MR) is 90.0 cm³/mol. The second-order valence-corrected chi connectivity index (χ2v) is 5.66. The van der Waals surface area contributed by atoms with Crippen molar-refractivity contribution in [1.29, 1.82) is 0 Å². The number of benzene rings is 1. The average Bonchev–Trinajstić information content (AvgIpc) is 3.00. The van der Waals surface area contributed by atoms with Crippen molar-refractivity contribution >= 4 is 5.95 Å². The molecule has 24 heavy (non-hydrogen) atoms. The summed E-state index contributed by atoms with van der Waals surface area (Å²) in [6, 6.07) is 10.2.